The number of rotatable bonds is 8. The Hall–Kier alpha value is -2.56. The van der Waals surface area contributed by atoms with E-state index in [1.54, 1.807) is 20.4 Å². The minimum absolute atomic E-state index is 0. The number of halogens is 1. The first-order chi connectivity index (χ1) is 13.3. The number of hydrogen-bond donors (Lipinski definition) is 2. The van der Waals surface area contributed by atoms with Crippen molar-refractivity contribution >= 4 is 29.9 Å². The van der Waals surface area contributed by atoms with Gasteiger partial charge in [0.1, 0.15) is 5.75 Å². The van der Waals surface area contributed by atoms with E-state index in [4.69, 9.17) is 4.74 Å². The molecule has 0 radical (unpaired) electrons. The van der Waals surface area contributed by atoms with Crippen LogP contribution in [0.3, 0.4) is 0 Å². The van der Waals surface area contributed by atoms with Crippen LogP contribution < -0.4 is 15.4 Å². The maximum absolute atomic E-state index is 5.18. The Morgan fingerprint density at radius 1 is 1.14 bits per heavy atom. The molecular formula is C19H26IN7O. The Kier molecular flexibility index (Phi) is 8.79. The van der Waals surface area contributed by atoms with Crippen LogP contribution in [0.25, 0.3) is 5.69 Å². The molecule has 0 aliphatic carbocycles. The summed E-state index contributed by atoms with van der Waals surface area (Å²) in [6, 6.07) is 11.7. The fourth-order valence-corrected chi connectivity index (χ4v) is 2.61. The SMILES string of the molecule is CN=C(NCCCn1cccn1)NCc1ccn(-c2ccc(OC)cc2)n1.I. The Bertz CT molecular complexity index is 844. The van der Waals surface area contributed by atoms with E-state index in [1.165, 1.54) is 0 Å². The molecule has 3 aromatic rings. The largest absolute Gasteiger partial charge is 0.497 e. The van der Waals surface area contributed by atoms with Crippen molar-refractivity contribution in [2.75, 3.05) is 20.7 Å². The number of ether oxygens (including phenoxy) is 1. The Balaban J connectivity index is 0.00000280. The zero-order chi connectivity index (χ0) is 18.9. The highest BCUT2D eigenvalue weighted by atomic mass is 127. The molecule has 3 rings (SSSR count). The first kappa shape index (κ1) is 21.7. The van der Waals surface area contributed by atoms with E-state index in [2.05, 4.69) is 25.8 Å². The molecule has 0 saturated heterocycles. The number of aliphatic imine (C=N–C) groups is 1. The van der Waals surface area contributed by atoms with Gasteiger partial charge in [-0.2, -0.15) is 10.2 Å². The highest BCUT2D eigenvalue weighted by molar-refractivity contribution is 14.0. The summed E-state index contributed by atoms with van der Waals surface area (Å²) in [6.45, 7) is 2.30. The summed E-state index contributed by atoms with van der Waals surface area (Å²) in [7, 11) is 3.42. The molecule has 0 aliphatic rings. The first-order valence-electron chi connectivity index (χ1n) is 8.89. The van der Waals surface area contributed by atoms with Crippen LogP contribution in [0.4, 0.5) is 0 Å². The number of nitrogens with one attached hydrogen (secondary N) is 2. The zero-order valence-corrected chi connectivity index (χ0v) is 18.4. The third-order valence-corrected chi connectivity index (χ3v) is 4.06. The fraction of sp³-hybridized carbons (Fsp3) is 0.316. The van der Waals surface area contributed by atoms with Crippen molar-refractivity contribution < 1.29 is 4.74 Å². The van der Waals surface area contributed by atoms with Crippen molar-refractivity contribution in [3.63, 3.8) is 0 Å². The fourth-order valence-electron chi connectivity index (χ4n) is 2.61. The van der Waals surface area contributed by atoms with Gasteiger partial charge in [-0.25, -0.2) is 4.68 Å². The van der Waals surface area contributed by atoms with E-state index in [1.807, 2.05) is 58.2 Å². The molecule has 150 valence electrons. The third kappa shape index (κ3) is 6.25. The summed E-state index contributed by atoms with van der Waals surface area (Å²) in [5, 5.41) is 15.4. The summed E-state index contributed by atoms with van der Waals surface area (Å²) in [5.41, 5.74) is 1.92. The summed E-state index contributed by atoms with van der Waals surface area (Å²) in [5.74, 6) is 1.59. The molecule has 0 saturated carbocycles. The van der Waals surface area contributed by atoms with Gasteiger partial charge in [-0.3, -0.25) is 9.67 Å². The first-order valence-corrected chi connectivity index (χ1v) is 8.89. The van der Waals surface area contributed by atoms with Gasteiger partial charge in [0.2, 0.25) is 0 Å². The topological polar surface area (TPSA) is 81.3 Å². The van der Waals surface area contributed by atoms with Crippen molar-refractivity contribution in [3.05, 3.63) is 60.7 Å². The Labute approximate surface area is 182 Å². The van der Waals surface area contributed by atoms with Gasteiger partial charge in [0.15, 0.2) is 5.96 Å². The van der Waals surface area contributed by atoms with Crippen molar-refractivity contribution in [1.82, 2.24) is 30.2 Å². The van der Waals surface area contributed by atoms with Crippen molar-refractivity contribution in [3.8, 4) is 11.4 Å². The number of hydrogen-bond acceptors (Lipinski definition) is 4. The van der Waals surface area contributed by atoms with Crippen molar-refractivity contribution in [1.29, 1.82) is 0 Å². The van der Waals surface area contributed by atoms with E-state index in [9.17, 15) is 0 Å². The maximum Gasteiger partial charge on any atom is 0.191 e. The van der Waals surface area contributed by atoms with Gasteiger partial charge in [0.25, 0.3) is 0 Å². The average molecular weight is 495 g/mol. The molecule has 28 heavy (non-hydrogen) atoms. The van der Waals surface area contributed by atoms with Gasteiger partial charge in [-0.05, 0) is 42.8 Å². The Morgan fingerprint density at radius 2 is 1.96 bits per heavy atom. The average Bonchev–Trinajstić information content (AvgIpc) is 3.39. The predicted molar refractivity (Wildman–Crippen MR) is 121 cm³/mol. The third-order valence-electron chi connectivity index (χ3n) is 4.06. The van der Waals surface area contributed by atoms with Crippen LogP contribution in [0.15, 0.2) is 60.0 Å². The van der Waals surface area contributed by atoms with Gasteiger partial charge in [0.05, 0.1) is 25.0 Å². The molecular weight excluding hydrogens is 469 g/mol. The minimum Gasteiger partial charge on any atom is -0.497 e. The van der Waals surface area contributed by atoms with E-state index in [0.29, 0.717) is 6.54 Å². The zero-order valence-electron chi connectivity index (χ0n) is 16.1. The predicted octanol–water partition coefficient (Wildman–Crippen LogP) is 2.45. The molecule has 0 bridgehead atoms. The van der Waals surface area contributed by atoms with Crippen LogP contribution in [0.1, 0.15) is 12.1 Å². The highest BCUT2D eigenvalue weighted by Crippen LogP contribution is 2.14. The minimum atomic E-state index is 0. The number of methoxy groups -OCH3 is 1. The highest BCUT2D eigenvalue weighted by Gasteiger charge is 2.03. The van der Waals surface area contributed by atoms with Gasteiger partial charge in [-0.15, -0.1) is 24.0 Å². The van der Waals surface area contributed by atoms with E-state index >= 15 is 0 Å². The van der Waals surface area contributed by atoms with Crippen LogP contribution >= 0.6 is 24.0 Å². The van der Waals surface area contributed by atoms with Gasteiger partial charge in [-0.1, -0.05) is 0 Å². The van der Waals surface area contributed by atoms with E-state index < -0.39 is 0 Å². The monoisotopic (exact) mass is 495 g/mol. The van der Waals surface area contributed by atoms with Crippen LogP contribution in [0.5, 0.6) is 5.75 Å². The van der Waals surface area contributed by atoms with Crippen LogP contribution in [0.2, 0.25) is 0 Å². The van der Waals surface area contributed by atoms with Gasteiger partial charge >= 0.3 is 0 Å². The lowest BCUT2D eigenvalue weighted by molar-refractivity contribution is 0.414. The molecule has 0 atom stereocenters. The number of nitrogens with zero attached hydrogens (tertiary/aromatic N) is 5. The molecule has 0 aliphatic heterocycles. The number of aryl methyl sites for hydroxylation is 1. The molecule has 2 N–H and O–H groups in total. The molecule has 0 unspecified atom stereocenters. The Morgan fingerprint density at radius 3 is 2.64 bits per heavy atom. The molecule has 0 fully saturated rings. The molecule has 2 aromatic heterocycles. The molecule has 0 spiro atoms. The van der Waals surface area contributed by atoms with Crippen LogP contribution in [0, 0.1) is 0 Å². The van der Waals surface area contributed by atoms with Gasteiger partial charge < -0.3 is 15.4 Å². The number of guanidine groups is 1. The lowest BCUT2D eigenvalue weighted by Crippen LogP contribution is -2.37. The van der Waals surface area contributed by atoms with Crippen molar-refractivity contribution in [2.24, 2.45) is 4.99 Å². The molecule has 8 nitrogen and oxygen atoms in total. The molecule has 1 aromatic carbocycles. The number of aromatic nitrogens is 4. The summed E-state index contributed by atoms with van der Waals surface area (Å²) in [6.07, 6.45) is 6.67. The lowest BCUT2D eigenvalue weighted by atomic mass is 10.3. The summed E-state index contributed by atoms with van der Waals surface area (Å²) >= 11 is 0. The number of benzene rings is 1. The molecule has 9 heteroatoms. The lowest BCUT2D eigenvalue weighted by Gasteiger charge is -2.11. The normalized spacial score (nSPS) is 11.0. The molecule has 2 heterocycles. The quantitative estimate of drug-likeness (QED) is 0.217. The second-order valence-electron chi connectivity index (χ2n) is 5.92. The van der Waals surface area contributed by atoms with E-state index in [0.717, 1.165) is 42.6 Å². The van der Waals surface area contributed by atoms with Gasteiger partial charge in [0, 0.05) is 38.7 Å². The van der Waals surface area contributed by atoms with Crippen LogP contribution in [-0.2, 0) is 13.1 Å². The maximum atomic E-state index is 5.18. The smallest absolute Gasteiger partial charge is 0.191 e. The second kappa shape index (κ2) is 11.3. The standard InChI is InChI=1S/C19H25N7O.HI/c1-20-19(21-10-3-12-25-13-4-11-23-25)22-15-16-9-14-26(24-16)17-5-7-18(27-2)8-6-17;/h4-9,11,13-14H,3,10,12,15H2,1-2H3,(H2,20,21,22);1H. The van der Waals surface area contributed by atoms with Crippen LogP contribution in [-0.4, -0.2) is 46.2 Å². The van der Waals surface area contributed by atoms with E-state index in [-0.39, 0.29) is 24.0 Å². The summed E-state index contributed by atoms with van der Waals surface area (Å²) in [4.78, 5) is 4.25. The summed E-state index contributed by atoms with van der Waals surface area (Å²) < 4.78 is 8.95. The molecule has 0 amide bonds. The second-order valence-corrected chi connectivity index (χ2v) is 5.92. The van der Waals surface area contributed by atoms with Crippen molar-refractivity contribution in [2.45, 2.75) is 19.5 Å².